The number of carbonyl (C=O) groups is 1. The van der Waals surface area contributed by atoms with E-state index in [2.05, 4.69) is 0 Å². The molecule has 0 spiro atoms. The van der Waals surface area contributed by atoms with Crippen molar-refractivity contribution in [3.63, 3.8) is 0 Å². The topological polar surface area (TPSA) is 83.9 Å². The van der Waals surface area contributed by atoms with Gasteiger partial charge in [0.25, 0.3) is 0 Å². The van der Waals surface area contributed by atoms with Crippen molar-refractivity contribution in [2.24, 2.45) is 0 Å². The van der Waals surface area contributed by atoms with Gasteiger partial charge in [0.2, 0.25) is 0 Å². The second kappa shape index (κ2) is 5.54. The van der Waals surface area contributed by atoms with Crippen LogP contribution < -0.4 is 0 Å². The maximum Gasteiger partial charge on any atom is 0.317 e. The molecule has 18 heavy (non-hydrogen) atoms. The van der Waals surface area contributed by atoms with Crippen molar-refractivity contribution in [1.29, 1.82) is 0 Å². The Morgan fingerprint density at radius 2 is 1.89 bits per heavy atom. The van der Waals surface area contributed by atoms with Gasteiger partial charge in [-0.25, -0.2) is 8.42 Å². The van der Waals surface area contributed by atoms with Gasteiger partial charge in [-0.15, -0.1) is 0 Å². The molecule has 0 aliphatic carbocycles. The molecule has 0 radical (unpaired) electrons. The fourth-order valence-corrected chi connectivity index (χ4v) is 4.51. The second-order valence-electron chi connectivity index (χ2n) is 4.97. The molecule has 1 N–H and O–H groups in total. The Morgan fingerprint density at radius 3 is 2.39 bits per heavy atom. The molecule has 2 saturated heterocycles. The minimum Gasteiger partial charge on any atom is -0.480 e. The smallest absolute Gasteiger partial charge is 0.317 e. The van der Waals surface area contributed by atoms with Crippen LogP contribution in [0.3, 0.4) is 0 Å². The Balaban J connectivity index is 2.07. The molecule has 2 fully saturated rings. The molecule has 1 unspecified atom stereocenters. The highest BCUT2D eigenvalue weighted by molar-refractivity contribution is 7.91. The van der Waals surface area contributed by atoms with Crippen molar-refractivity contribution >= 4 is 15.8 Å². The summed E-state index contributed by atoms with van der Waals surface area (Å²) < 4.78 is 28.3. The van der Waals surface area contributed by atoms with Crippen molar-refractivity contribution in [3.8, 4) is 0 Å². The van der Waals surface area contributed by atoms with Gasteiger partial charge in [0, 0.05) is 25.3 Å². The summed E-state index contributed by atoms with van der Waals surface area (Å²) in [6.45, 7) is 1.17. The molecule has 0 aromatic carbocycles. The zero-order valence-electron chi connectivity index (χ0n) is 10.2. The van der Waals surface area contributed by atoms with Gasteiger partial charge in [-0.2, -0.15) is 0 Å². The quantitative estimate of drug-likeness (QED) is 0.762. The van der Waals surface area contributed by atoms with Crippen molar-refractivity contribution in [2.75, 3.05) is 31.3 Å². The van der Waals surface area contributed by atoms with Crippen LogP contribution in [0.2, 0.25) is 0 Å². The fraction of sp³-hybridized carbons (Fsp3) is 0.909. The van der Waals surface area contributed by atoms with Gasteiger partial charge in [0.05, 0.1) is 18.1 Å². The number of hydrogen-bond donors (Lipinski definition) is 1. The van der Waals surface area contributed by atoms with E-state index in [0.29, 0.717) is 19.6 Å². The van der Waals surface area contributed by atoms with Gasteiger partial charge in [0.1, 0.15) is 0 Å². The number of aliphatic carboxylic acids is 1. The van der Waals surface area contributed by atoms with Crippen LogP contribution in [0.1, 0.15) is 19.3 Å². The standard InChI is InChI=1S/C11H19NO5S/c13-11(14)7-12(9-1-4-17-5-2-9)10-3-6-18(15,16)8-10/h9-10H,1-8H2,(H,13,14). The summed E-state index contributed by atoms with van der Waals surface area (Å²) in [5.41, 5.74) is 0. The van der Waals surface area contributed by atoms with Crippen LogP contribution in [0, 0.1) is 0 Å². The van der Waals surface area contributed by atoms with E-state index in [-0.39, 0.29) is 30.1 Å². The monoisotopic (exact) mass is 277 g/mol. The van der Waals surface area contributed by atoms with Crippen LogP contribution in [0.15, 0.2) is 0 Å². The number of hydrogen-bond acceptors (Lipinski definition) is 5. The third kappa shape index (κ3) is 3.43. The Kier molecular flexibility index (Phi) is 4.24. The summed E-state index contributed by atoms with van der Waals surface area (Å²) in [6, 6.07) is -0.0117. The predicted octanol–water partition coefficient (Wildman–Crippen LogP) is -0.261. The highest BCUT2D eigenvalue weighted by atomic mass is 32.2. The predicted molar refractivity (Wildman–Crippen MR) is 65.2 cm³/mol. The number of carboxylic acids is 1. The SMILES string of the molecule is O=C(O)CN(C1CCOCC1)C1CCS(=O)(=O)C1. The van der Waals surface area contributed by atoms with E-state index in [1.165, 1.54) is 0 Å². The number of sulfone groups is 1. The molecule has 0 aromatic rings. The fourth-order valence-electron chi connectivity index (χ4n) is 2.77. The normalized spacial score (nSPS) is 28.6. The number of carboxylic acid groups (broad SMARTS) is 1. The first-order valence-corrected chi connectivity index (χ1v) is 8.06. The molecular weight excluding hydrogens is 258 g/mol. The minimum atomic E-state index is -2.98. The van der Waals surface area contributed by atoms with Crippen molar-refractivity contribution in [2.45, 2.75) is 31.3 Å². The van der Waals surface area contributed by atoms with Gasteiger partial charge in [-0.05, 0) is 19.3 Å². The molecule has 0 amide bonds. The van der Waals surface area contributed by atoms with Crippen LogP contribution in [0.5, 0.6) is 0 Å². The summed E-state index contributed by atoms with van der Waals surface area (Å²) >= 11 is 0. The molecule has 0 bridgehead atoms. The summed E-state index contributed by atoms with van der Waals surface area (Å²) in [5.74, 6) is -0.625. The van der Waals surface area contributed by atoms with Crippen molar-refractivity contribution in [1.82, 2.24) is 4.90 Å². The molecule has 2 aliphatic rings. The maximum atomic E-state index is 11.5. The lowest BCUT2D eigenvalue weighted by Crippen LogP contribution is -2.48. The molecule has 0 saturated carbocycles. The lowest BCUT2D eigenvalue weighted by Gasteiger charge is -2.36. The first kappa shape index (κ1) is 13.8. The van der Waals surface area contributed by atoms with Gasteiger partial charge < -0.3 is 9.84 Å². The summed E-state index contributed by atoms with van der Waals surface area (Å²) in [5, 5.41) is 8.98. The molecule has 7 heteroatoms. The zero-order chi connectivity index (χ0) is 13.2. The average molecular weight is 277 g/mol. The van der Waals surface area contributed by atoms with E-state index in [0.717, 1.165) is 12.8 Å². The van der Waals surface area contributed by atoms with E-state index >= 15 is 0 Å². The molecule has 2 rings (SSSR count). The number of ether oxygens (including phenoxy) is 1. The molecule has 1 atom stereocenters. The summed E-state index contributed by atoms with van der Waals surface area (Å²) in [6.07, 6.45) is 2.11. The minimum absolute atomic E-state index is 0.0785. The van der Waals surface area contributed by atoms with E-state index in [1.54, 1.807) is 0 Å². The van der Waals surface area contributed by atoms with Crippen LogP contribution >= 0.6 is 0 Å². The highest BCUT2D eigenvalue weighted by Gasteiger charge is 2.36. The number of rotatable bonds is 4. The molecule has 0 aromatic heterocycles. The Labute approximate surface area is 107 Å². The maximum absolute atomic E-state index is 11.5. The lowest BCUT2D eigenvalue weighted by atomic mass is 10.0. The summed E-state index contributed by atoms with van der Waals surface area (Å²) in [4.78, 5) is 12.8. The lowest BCUT2D eigenvalue weighted by molar-refractivity contribution is -0.140. The first-order chi connectivity index (χ1) is 8.48. The van der Waals surface area contributed by atoms with Crippen molar-refractivity contribution in [3.05, 3.63) is 0 Å². The van der Waals surface area contributed by atoms with E-state index in [9.17, 15) is 13.2 Å². The molecular formula is C11H19NO5S. The van der Waals surface area contributed by atoms with E-state index < -0.39 is 15.8 Å². The second-order valence-corrected chi connectivity index (χ2v) is 7.20. The molecule has 2 heterocycles. The van der Waals surface area contributed by atoms with Crippen LogP contribution in [0.25, 0.3) is 0 Å². The molecule has 104 valence electrons. The Hall–Kier alpha value is -0.660. The van der Waals surface area contributed by atoms with E-state index in [4.69, 9.17) is 9.84 Å². The number of nitrogens with zero attached hydrogens (tertiary/aromatic N) is 1. The third-order valence-electron chi connectivity index (χ3n) is 3.66. The van der Waals surface area contributed by atoms with Gasteiger partial charge in [-0.1, -0.05) is 0 Å². The first-order valence-electron chi connectivity index (χ1n) is 6.23. The molecule has 6 nitrogen and oxygen atoms in total. The van der Waals surface area contributed by atoms with Crippen LogP contribution in [0.4, 0.5) is 0 Å². The zero-order valence-corrected chi connectivity index (χ0v) is 11.1. The van der Waals surface area contributed by atoms with Crippen LogP contribution in [-0.2, 0) is 19.4 Å². The largest absolute Gasteiger partial charge is 0.480 e. The molecule has 2 aliphatic heterocycles. The van der Waals surface area contributed by atoms with E-state index in [1.807, 2.05) is 4.90 Å². The third-order valence-corrected chi connectivity index (χ3v) is 5.41. The average Bonchev–Trinajstić information content (AvgIpc) is 2.67. The van der Waals surface area contributed by atoms with Crippen LogP contribution in [-0.4, -0.2) is 67.7 Å². The Morgan fingerprint density at radius 1 is 1.22 bits per heavy atom. The Bertz CT molecular complexity index is 402. The highest BCUT2D eigenvalue weighted by Crippen LogP contribution is 2.24. The van der Waals surface area contributed by atoms with Gasteiger partial charge >= 0.3 is 5.97 Å². The summed E-state index contributed by atoms with van der Waals surface area (Å²) in [7, 11) is -2.98. The van der Waals surface area contributed by atoms with Crippen molar-refractivity contribution < 1.29 is 23.1 Å². The van der Waals surface area contributed by atoms with Gasteiger partial charge in [-0.3, -0.25) is 9.69 Å². The van der Waals surface area contributed by atoms with Gasteiger partial charge in [0.15, 0.2) is 9.84 Å².